The van der Waals surface area contributed by atoms with Crippen molar-refractivity contribution >= 4 is 23.4 Å². The van der Waals surface area contributed by atoms with Gasteiger partial charge in [0.05, 0.1) is 17.2 Å². The van der Waals surface area contributed by atoms with Gasteiger partial charge < -0.3 is 9.64 Å². The van der Waals surface area contributed by atoms with Crippen molar-refractivity contribution in [3.8, 4) is 0 Å². The van der Waals surface area contributed by atoms with E-state index in [0.29, 0.717) is 23.0 Å². The van der Waals surface area contributed by atoms with Crippen LogP contribution >= 0.6 is 11.6 Å². The molecule has 5 heteroatoms. The van der Waals surface area contributed by atoms with Crippen molar-refractivity contribution in [2.24, 2.45) is 0 Å². The number of esters is 1. The third-order valence-electron chi connectivity index (χ3n) is 2.44. The SMILES string of the molecule is CCOC(=O)c1cnc(N(C)C(C)C)c(Cl)c1. The van der Waals surface area contributed by atoms with Crippen molar-refractivity contribution in [1.29, 1.82) is 0 Å². The van der Waals surface area contributed by atoms with E-state index in [2.05, 4.69) is 4.98 Å². The molecule has 0 aliphatic carbocycles. The van der Waals surface area contributed by atoms with Gasteiger partial charge in [-0.3, -0.25) is 0 Å². The lowest BCUT2D eigenvalue weighted by Crippen LogP contribution is -2.27. The zero-order chi connectivity index (χ0) is 13.0. The molecule has 0 aliphatic heterocycles. The average molecular weight is 257 g/mol. The molecule has 1 aromatic rings. The summed E-state index contributed by atoms with van der Waals surface area (Å²) in [4.78, 5) is 17.6. The lowest BCUT2D eigenvalue weighted by Gasteiger charge is -2.23. The summed E-state index contributed by atoms with van der Waals surface area (Å²) in [6.45, 7) is 6.17. The number of hydrogen-bond acceptors (Lipinski definition) is 4. The summed E-state index contributed by atoms with van der Waals surface area (Å²) in [5.74, 6) is 0.260. The second-order valence-corrected chi connectivity index (χ2v) is 4.36. The van der Waals surface area contributed by atoms with Crippen LogP contribution in [0.5, 0.6) is 0 Å². The Balaban J connectivity index is 2.97. The van der Waals surface area contributed by atoms with Crippen molar-refractivity contribution in [2.45, 2.75) is 26.8 Å². The molecular formula is C12H17ClN2O2. The van der Waals surface area contributed by atoms with Crippen LogP contribution in [0, 0.1) is 0 Å². The highest BCUT2D eigenvalue weighted by Crippen LogP contribution is 2.24. The maximum atomic E-state index is 11.5. The molecule has 0 spiro atoms. The number of pyridine rings is 1. The molecule has 17 heavy (non-hydrogen) atoms. The Labute approximate surface area is 107 Å². The van der Waals surface area contributed by atoms with E-state index in [1.54, 1.807) is 13.0 Å². The van der Waals surface area contributed by atoms with Gasteiger partial charge in [-0.1, -0.05) is 11.6 Å². The Morgan fingerprint density at radius 2 is 2.24 bits per heavy atom. The molecule has 0 radical (unpaired) electrons. The number of ether oxygens (including phenoxy) is 1. The number of hydrogen-bond donors (Lipinski definition) is 0. The van der Waals surface area contributed by atoms with E-state index < -0.39 is 5.97 Å². The van der Waals surface area contributed by atoms with Crippen LogP contribution in [0.3, 0.4) is 0 Å². The minimum absolute atomic E-state index is 0.286. The molecule has 0 N–H and O–H groups in total. The van der Waals surface area contributed by atoms with E-state index >= 15 is 0 Å². The predicted molar refractivity (Wildman–Crippen MR) is 68.7 cm³/mol. The highest BCUT2D eigenvalue weighted by Gasteiger charge is 2.14. The van der Waals surface area contributed by atoms with Gasteiger partial charge in [0.1, 0.15) is 5.82 Å². The van der Waals surface area contributed by atoms with Gasteiger partial charge in [-0.15, -0.1) is 0 Å². The van der Waals surface area contributed by atoms with Crippen LogP contribution in [0.25, 0.3) is 0 Å². The average Bonchev–Trinajstić information content (AvgIpc) is 2.28. The smallest absolute Gasteiger partial charge is 0.339 e. The summed E-state index contributed by atoms with van der Waals surface area (Å²) in [5, 5.41) is 0.451. The first-order chi connectivity index (χ1) is 7.97. The Hall–Kier alpha value is -1.29. The van der Waals surface area contributed by atoms with E-state index in [1.165, 1.54) is 6.20 Å². The zero-order valence-electron chi connectivity index (χ0n) is 10.5. The summed E-state index contributed by atoms with van der Waals surface area (Å²) < 4.78 is 4.88. The number of anilines is 1. The molecule has 0 aromatic carbocycles. The molecule has 0 fully saturated rings. The van der Waals surface area contributed by atoms with Gasteiger partial charge in [-0.25, -0.2) is 9.78 Å². The fourth-order valence-electron chi connectivity index (χ4n) is 1.26. The summed E-state index contributed by atoms with van der Waals surface area (Å²) >= 11 is 6.10. The molecule has 0 bridgehead atoms. The first-order valence-corrected chi connectivity index (χ1v) is 5.90. The van der Waals surface area contributed by atoms with Crippen LogP contribution in [0.1, 0.15) is 31.1 Å². The fraction of sp³-hybridized carbons (Fsp3) is 0.500. The summed E-state index contributed by atoms with van der Waals surface area (Å²) in [5.41, 5.74) is 0.373. The van der Waals surface area contributed by atoms with Gasteiger partial charge >= 0.3 is 5.97 Å². The predicted octanol–water partition coefficient (Wildman–Crippen LogP) is 2.76. The van der Waals surface area contributed by atoms with Gasteiger partial charge in [0.15, 0.2) is 0 Å². The summed E-state index contributed by atoms with van der Waals surface area (Å²) in [6, 6.07) is 1.87. The molecule has 0 amide bonds. The molecule has 1 heterocycles. The molecular weight excluding hydrogens is 240 g/mol. The number of carbonyl (C=O) groups excluding carboxylic acids is 1. The minimum atomic E-state index is -0.402. The van der Waals surface area contributed by atoms with Gasteiger partial charge in [-0.05, 0) is 26.8 Å². The first kappa shape index (κ1) is 13.8. The van der Waals surface area contributed by atoms with Crippen LogP contribution in [-0.2, 0) is 4.74 Å². The molecule has 0 aliphatic rings. The number of halogens is 1. The molecule has 1 rings (SSSR count). The van der Waals surface area contributed by atoms with E-state index in [9.17, 15) is 4.79 Å². The monoisotopic (exact) mass is 256 g/mol. The molecule has 94 valence electrons. The highest BCUT2D eigenvalue weighted by molar-refractivity contribution is 6.33. The molecule has 0 saturated heterocycles. The summed E-state index contributed by atoms with van der Waals surface area (Å²) in [6.07, 6.45) is 1.48. The van der Waals surface area contributed by atoms with E-state index in [0.717, 1.165) is 0 Å². The Kier molecular flexibility index (Phi) is 4.75. The lowest BCUT2D eigenvalue weighted by atomic mass is 10.2. The number of rotatable bonds is 4. The molecule has 0 saturated carbocycles. The van der Waals surface area contributed by atoms with E-state index in [1.807, 2.05) is 25.8 Å². The third-order valence-corrected chi connectivity index (χ3v) is 2.72. The molecule has 4 nitrogen and oxygen atoms in total. The second-order valence-electron chi connectivity index (χ2n) is 3.95. The maximum absolute atomic E-state index is 11.5. The normalized spacial score (nSPS) is 10.5. The zero-order valence-corrected chi connectivity index (χ0v) is 11.3. The number of carbonyl (C=O) groups is 1. The second kappa shape index (κ2) is 5.87. The van der Waals surface area contributed by atoms with Gasteiger partial charge in [0.2, 0.25) is 0 Å². The highest BCUT2D eigenvalue weighted by atomic mass is 35.5. The van der Waals surface area contributed by atoms with E-state index in [-0.39, 0.29) is 6.04 Å². The Bertz CT molecular complexity index is 407. The van der Waals surface area contributed by atoms with Crippen LogP contribution in [0.2, 0.25) is 5.02 Å². The van der Waals surface area contributed by atoms with Crippen LogP contribution < -0.4 is 4.90 Å². The summed E-state index contributed by atoms with van der Waals surface area (Å²) in [7, 11) is 1.91. The fourth-order valence-corrected chi connectivity index (χ4v) is 1.56. The largest absolute Gasteiger partial charge is 0.462 e. The van der Waals surface area contributed by atoms with Crippen molar-refractivity contribution in [1.82, 2.24) is 4.98 Å². The van der Waals surface area contributed by atoms with Gasteiger partial charge in [-0.2, -0.15) is 0 Å². The number of aromatic nitrogens is 1. The van der Waals surface area contributed by atoms with Gasteiger partial charge in [0.25, 0.3) is 0 Å². The van der Waals surface area contributed by atoms with Crippen molar-refractivity contribution in [3.05, 3.63) is 22.8 Å². The Morgan fingerprint density at radius 3 is 2.71 bits per heavy atom. The Morgan fingerprint density at radius 1 is 1.59 bits per heavy atom. The molecule has 1 aromatic heterocycles. The van der Waals surface area contributed by atoms with Gasteiger partial charge in [0, 0.05) is 19.3 Å². The lowest BCUT2D eigenvalue weighted by molar-refractivity contribution is 0.0526. The molecule has 0 atom stereocenters. The maximum Gasteiger partial charge on any atom is 0.339 e. The van der Waals surface area contributed by atoms with Crippen molar-refractivity contribution in [3.63, 3.8) is 0 Å². The van der Waals surface area contributed by atoms with Crippen molar-refractivity contribution < 1.29 is 9.53 Å². The van der Waals surface area contributed by atoms with Crippen molar-refractivity contribution in [2.75, 3.05) is 18.6 Å². The van der Waals surface area contributed by atoms with Crippen LogP contribution in [0.15, 0.2) is 12.3 Å². The standard InChI is InChI=1S/C12H17ClN2O2/c1-5-17-12(16)9-6-10(13)11(14-7-9)15(4)8(2)3/h6-8H,5H2,1-4H3. The quantitative estimate of drug-likeness (QED) is 0.777. The minimum Gasteiger partial charge on any atom is -0.462 e. The molecule has 0 unspecified atom stereocenters. The third kappa shape index (κ3) is 3.33. The van der Waals surface area contributed by atoms with E-state index in [4.69, 9.17) is 16.3 Å². The van der Waals surface area contributed by atoms with Crippen LogP contribution in [-0.4, -0.2) is 30.6 Å². The topological polar surface area (TPSA) is 42.4 Å². The van der Waals surface area contributed by atoms with Crippen LogP contribution in [0.4, 0.5) is 5.82 Å². The first-order valence-electron chi connectivity index (χ1n) is 5.52. The number of nitrogens with zero attached hydrogens (tertiary/aromatic N) is 2.